The van der Waals surface area contributed by atoms with Crippen molar-refractivity contribution in [2.24, 2.45) is 0 Å². The molecule has 0 aromatic heterocycles. The minimum Gasteiger partial charge on any atom is -0.495 e. The molecule has 3 rings (SSSR count). The van der Waals surface area contributed by atoms with Crippen LogP contribution in [0.25, 0.3) is 0 Å². The molecule has 1 N–H and O–H groups in total. The van der Waals surface area contributed by atoms with Crippen molar-refractivity contribution in [2.75, 3.05) is 12.4 Å². The van der Waals surface area contributed by atoms with Crippen LogP contribution in [0, 0.1) is 12.7 Å². The van der Waals surface area contributed by atoms with E-state index < -0.39 is 0 Å². The Morgan fingerprint density at radius 3 is 2.15 bits per heavy atom. The highest BCUT2D eigenvalue weighted by molar-refractivity contribution is 6.05. The van der Waals surface area contributed by atoms with Crippen molar-refractivity contribution in [2.45, 2.75) is 6.92 Å². The topological polar surface area (TPSA) is 47.6 Å². The summed E-state index contributed by atoms with van der Waals surface area (Å²) in [6.45, 7) is 1.94. The highest BCUT2D eigenvalue weighted by Crippen LogP contribution is 2.26. The Hall–Kier alpha value is -3.34. The van der Waals surface area contributed by atoms with Gasteiger partial charge in [-0.3, -0.25) is 4.79 Å². The lowest BCUT2D eigenvalue weighted by Crippen LogP contribution is -2.12. The predicted molar refractivity (Wildman–Crippen MR) is 98.6 cm³/mol. The average Bonchev–Trinajstić information content (AvgIpc) is 2.64. The van der Waals surface area contributed by atoms with E-state index in [0.717, 1.165) is 5.56 Å². The number of benzene rings is 3. The van der Waals surface area contributed by atoms with Gasteiger partial charge < -0.3 is 14.8 Å². The summed E-state index contributed by atoms with van der Waals surface area (Å²) in [6.07, 6.45) is 0. The number of methoxy groups -OCH3 is 1. The first kappa shape index (κ1) is 17.5. The van der Waals surface area contributed by atoms with Gasteiger partial charge in [0.1, 0.15) is 23.1 Å². The van der Waals surface area contributed by atoms with E-state index in [1.807, 2.05) is 25.1 Å². The summed E-state index contributed by atoms with van der Waals surface area (Å²) in [7, 11) is 1.56. The molecule has 0 radical (unpaired) electrons. The van der Waals surface area contributed by atoms with Gasteiger partial charge in [-0.1, -0.05) is 6.07 Å². The maximum Gasteiger partial charge on any atom is 0.255 e. The lowest BCUT2D eigenvalue weighted by molar-refractivity contribution is 0.102. The summed E-state index contributed by atoms with van der Waals surface area (Å²) in [5, 5.41) is 2.85. The molecule has 4 nitrogen and oxygen atoms in total. The molecule has 26 heavy (non-hydrogen) atoms. The first-order chi connectivity index (χ1) is 12.5. The quantitative estimate of drug-likeness (QED) is 0.688. The molecule has 132 valence electrons. The van der Waals surface area contributed by atoms with Gasteiger partial charge in [0.15, 0.2) is 0 Å². The van der Waals surface area contributed by atoms with E-state index in [9.17, 15) is 9.18 Å². The summed E-state index contributed by atoms with van der Waals surface area (Å²) in [5.74, 6) is 1.10. The summed E-state index contributed by atoms with van der Waals surface area (Å²) in [4.78, 5) is 12.5. The number of halogens is 1. The highest BCUT2D eigenvalue weighted by atomic mass is 19.1. The molecule has 1 amide bonds. The number of hydrogen-bond acceptors (Lipinski definition) is 3. The number of rotatable bonds is 5. The molecule has 0 aliphatic rings. The second-order valence-corrected chi connectivity index (χ2v) is 5.74. The molecular formula is C21H18FNO3. The summed E-state index contributed by atoms with van der Waals surface area (Å²) in [5.41, 5.74) is 2.12. The maximum atomic E-state index is 12.9. The zero-order valence-electron chi connectivity index (χ0n) is 14.5. The number of aryl methyl sites for hydroxylation is 1. The van der Waals surface area contributed by atoms with E-state index in [1.165, 1.54) is 12.1 Å². The number of nitrogens with one attached hydrogen (secondary N) is 1. The van der Waals surface area contributed by atoms with Gasteiger partial charge in [-0.25, -0.2) is 4.39 Å². The van der Waals surface area contributed by atoms with Crippen molar-refractivity contribution in [3.8, 4) is 17.2 Å². The number of anilines is 1. The zero-order valence-corrected chi connectivity index (χ0v) is 14.5. The van der Waals surface area contributed by atoms with E-state index in [2.05, 4.69) is 5.32 Å². The molecular weight excluding hydrogens is 333 g/mol. The number of hydrogen-bond donors (Lipinski definition) is 1. The largest absolute Gasteiger partial charge is 0.495 e. The van der Waals surface area contributed by atoms with Crippen LogP contribution in [0.15, 0.2) is 66.7 Å². The molecule has 0 bridgehead atoms. The molecule has 0 saturated carbocycles. The Labute approximate surface area is 151 Å². The fraction of sp³-hybridized carbons (Fsp3) is 0.0952. The molecule has 0 aliphatic heterocycles. The van der Waals surface area contributed by atoms with Crippen molar-refractivity contribution < 1.29 is 18.7 Å². The van der Waals surface area contributed by atoms with E-state index >= 15 is 0 Å². The monoisotopic (exact) mass is 351 g/mol. The first-order valence-electron chi connectivity index (χ1n) is 8.04. The molecule has 5 heteroatoms. The standard InChI is InChI=1S/C21H18FNO3/c1-14-3-12-20(25-2)19(13-14)23-21(24)15-4-8-17(9-5-15)26-18-10-6-16(22)7-11-18/h3-13H,1-2H3,(H,23,24). The second-order valence-electron chi connectivity index (χ2n) is 5.74. The van der Waals surface area contributed by atoms with Crippen molar-refractivity contribution in [1.29, 1.82) is 0 Å². The van der Waals surface area contributed by atoms with Gasteiger partial charge in [0, 0.05) is 5.56 Å². The molecule has 0 heterocycles. The van der Waals surface area contributed by atoms with E-state index in [4.69, 9.17) is 9.47 Å². The highest BCUT2D eigenvalue weighted by Gasteiger charge is 2.10. The van der Waals surface area contributed by atoms with Crippen molar-refractivity contribution in [3.63, 3.8) is 0 Å². The molecule has 0 atom stereocenters. The van der Waals surface area contributed by atoms with Gasteiger partial charge in [0.05, 0.1) is 12.8 Å². The number of carbonyl (C=O) groups is 1. The summed E-state index contributed by atoms with van der Waals surface area (Å²) in [6, 6.07) is 18.0. The van der Waals surface area contributed by atoms with E-state index in [0.29, 0.717) is 28.5 Å². The van der Waals surface area contributed by atoms with Gasteiger partial charge in [0.25, 0.3) is 5.91 Å². The van der Waals surface area contributed by atoms with Crippen LogP contribution >= 0.6 is 0 Å². The smallest absolute Gasteiger partial charge is 0.255 e. The fourth-order valence-corrected chi connectivity index (χ4v) is 2.43. The molecule has 0 fully saturated rings. The van der Waals surface area contributed by atoms with E-state index in [1.54, 1.807) is 43.5 Å². The van der Waals surface area contributed by atoms with Gasteiger partial charge in [-0.05, 0) is 73.2 Å². The SMILES string of the molecule is COc1ccc(C)cc1NC(=O)c1ccc(Oc2ccc(F)cc2)cc1. The van der Waals surface area contributed by atoms with Crippen LogP contribution in [0.2, 0.25) is 0 Å². The molecule has 3 aromatic rings. The van der Waals surface area contributed by atoms with Gasteiger partial charge >= 0.3 is 0 Å². The second kappa shape index (κ2) is 7.70. The summed E-state index contributed by atoms with van der Waals surface area (Å²) < 4.78 is 23.8. The Morgan fingerprint density at radius 1 is 0.923 bits per heavy atom. The minimum absolute atomic E-state index is 0.248. The van der Waals surface area contributed by atoms with Crippen LogP contribution < -0.4 is 14.8 Å². The normalized spacial score (nSPS) is 10.3. The fourth-order valence-electron chi connectivity index (χ4n) is 2.43. The molecule has 0 unspecified atom stereocenters. The van der Waals surface area contributed by atoms with Crippen LogP contribution in [0.5, 0.6) is 17.2 Å². The Bertz CT molecular complexity index is 906. The van der Waals surface area contributed by atoms with Crippen LogP contribution in [0.1, 0.15) is 15.9 Å². The van der Waals surface area contributed by atoms with Crippen LogP contribution in [0.4, 0.5) is 10.1 Å². The van der Waals surface area contributed by atoms with Crippen LogP contribution in [-0.4, -0.2) is 13.0 Å². The first-order valence-corrected chi connectivity index (χ1v) is 8.04. The zero-order chi connectivity index (χ0) is 18.5. The number of ether oxygens (including phenoxy) is 2. The molecule has 0 saturated heterocycles. The van der Waals surface area contributed by atoms with Crippen molar-refractivity contribution >= 4 is 11.6 Å². The summed E-state index contributed by atoms with van der Waals surface area (Å²) >= 11 is 0. The lowest BCUT2D eigenvalue weighted by atomic mass is 10.1. The van der Waals surface area contributed by atoms with Crippen molar-refractivity contribution in [1.82, 2.24) is 0 Å². The Balaban J connectivity index is 1.71. The van der Waals surface area contributed by atoms with Crippen LogP contribution in [-0.2, 0) is 0 Å². The molecule has 3 aromatic carbocycles. The van der Waals surface area contributed by atoms with Gasteiger partial charge in [-0.2, -0.15) is 0 Å². The average molecular weight is 351 g/mol. The maximum absolute atomic E-state index is 12.9. The van der Waals surface area contributed by atoms with Gasteiger partial charge in [0.2, 0.25) is 0 Å². The predicted octanol–water partition coefficient (Wildman–Crippen LogP) is 5.19. The third-order valence-corrected chi connectivity index (χ3v) is 3.77. The van der Waals surface area contributed by atoms with Gasteiger partial charge in [-0.15, -0.1) is 0 Å². The minimum atomic E-state index is -0.323. The third-order valence-electron chi connectivity index (χ3n) is 3.77. The van der Waals surface area contributed by atoms with E-state index in [-0.39, 0.29) is 11.7 Å². The number of carbonyl (C=O) groups excluding carboxylic acids is 1. The Kier molecular flexibility index (Phi) is 5.17. The molecule has 0 aliphatic carbocycles. The third kappa shape index (κ3) is 4.19. The lowest BCUT2D eigenvalue weighted by Gasteiger charge is -2.11. The van der Waals surface area contributed by atoms with Crippen LogP contribution in [0.3, 0.4) is 0 Å². The molecule has 0 spiro atoms. The van der Waals surface area contributed by atoms with Crippen molar-refractivity contribution in [3.05, 3.63) is 83.7 Å². The Morgan fingerprint density at radius 2 is 1.54 bits per heavy atom. The number of amides is 1.